The van der Waals surface area contributed by atoms with Gasteiger partial charge in [-0.25, -0.2) is 0 Å². The quantitative estimate of drug-likeness (QED) is 0.636. The van der Waals surface area contributed by atoms with Crippen molar-refractivity contribution in [2.75, 3.05) is 5.73 Å². The van der Waals surface area contributed by atoms with E-state index in [1.54, 1.807) is 10.9 Å². The minimum atomic E-state index is -0.0396. The number of aromatic nitrogens is 2. The van der Waals surface area contributed by atoms with Crippen LogP contribution >= 0.6 is 0 Å². The molecule has 4 nitrogen and oxygen atoms in total. The minimum absolute atomic E-state index is 0.0396. The first kappa shape index (κ1) is 7.78. The van der Waals surface area contributed by atoms with Gasteiger partial charge in [-0.15, -0.1) is 0 Å². The van der Waals surface area contributed by atoms with Crippen molar-refractivity contribution in [3.63, 3.8) is 0 Å². The monoisotopic (exact) mass is 153 g/mol. The maximum atomic E-state index is 10.9. The molecule has 0 atom stereocenters. The number of carbonyl (C=O) groups excluding carboxylic acids is 1. The van der Waals surface area contributed by atoms with Gasteiger partial charge in [-0.2, -0.15) is 5.10 Å². The molecule has 1 aromatic rings. The Bertz CT molecular complexity index is 277. The van der Waals surface area contributed by atoms with Gasteiger partial charge < -0.3 is 5.73 Å². The topological polar surface area (TPSA) is 60.9 Å². The number of nitrogen functional groups attached to an aromatic ring is 1. The molecule has 0 aliphatic rings. The van der Waals surface area contributed by atoms with Crippen LogP contribution in [-0.4, -0.2) is 15.6 Å². The van der Waals surface area contributed by atoms with Crippen molar-refractivity contribution in [3.05, 3.63) is 11.8 Å². The summed E-state index contributed by atoms with van der Waals surface area (Å²) in [6.45, 7) is 4.15. The van der Waals surface area contributed by atoms with Crippen molar-refractivity contribution < 1.29 is 4.79 Å². The number of nitrogens with zero attached hydrogens (tertiary/aromatic N) is 2. The molecule has 2 N–H and O–H groups in total. The van der Waals surface area contributed by atoms with Crippen LogP contribution < -0.4 is 5.73 Å². The molecule has 0 fully saturated rings. The van der Waals surface area contributed by atoms with Crippen LogP contribution in [0.1, 0.15) is 24.2 Å². The maximum absolute atomic E-state index is 10.9. The van der Waals surface area contributed by atoms with Crippen LogP contribution in [0.3, 0.4) is 0 Å². The number of hydrogen-bond acceptors (Lipinski definition) is 3. The summed E-state index contributed by atoms with van der Waals surface area (Å²) in [6, 6.07) is 0. The normalized spacial score (nSPS) is 10.0. The third-order valence-electron chi connectivity index (χ3n) is 1.49. The number of aryl methyl sites for hydroxylation is 1. The van der Waals surface area contributed by atoms with Crippen molar-refractivity contribution in [1.82, 2.24) is 9.78 Å². The lowest BCUT2D eigenvalue weighted by atomic mass is 10.2. The van der Waals surface area contributed by atoms with E-state index >= 15 is 0 Å². The molecule has 11 heavy (non-hydrogen) atoms. The van der Waals surface area contributed by atoms with Crippen molar-refractivity contribution >= 4 is 11.6 Å². The average Bonchev–Trinajstić information content (AvgIpc) is 2.30. The summed E-state index contributed by atoms with van der Waals surface area (Å²) in [5.41, 5.74) is 5.97. The molecule has 1 aromatic heterocycles. The van der Waals surface area contributed by atoms with Gasteiger partial charge in [0.15, 0.2) is 11.6 Å². The standard InChI is InChI=1S/C7H11N3O/c1-3-10-4-6(5(2)11)7(8)9-10/h4H,3H2,1-2H3,(H2,8,9). The lowest BCUT2D eigenvalue weighted by molar-refractivity contribution is 0.101. The van der Waals surface area contributed by atoms with E-state index in [1.807, 2.05) is 6.92 Å². The number of hydrogen-bond donors (Lipinski definition) is 1. The number of ketones is 1. The summed E-state index contributed by atoms with van der Waals surface area (Å²) in [5, 5.41) is 3.92. The predicted octanol–water partition coefficient (Wildman–Crippen LogP) is 0.688. The van der Waals surface area contributed by atoms with Gasteiger partial charge in [-0.1, -0.05) is 0 Å². The van der Waals surface area contributed by atoms with E-state index in [9.17, 15) is 4.79 Å². The van der Waals surface area contributed by atoms with Crippen LogP contribution in [0.15, 0.2) is 6.20 Å². The van der Waals surface area contributed by atoms with Gasteiger partial charge in [0.25, 0.3) is 0 Å². The molecule has 1 rings (SSSR count). The Hall–Kier alpha value is -1.32. The molecule has 0 saturated heterocycles. The van der Waals surface area contributed by atoms with E-state index in [0.29, 0.717) is 11.4 Å². The fraction of sp³-hybridized carbons (Fsp3) is 0.429. The molecule has 0 aliphatic heterocycles. The Morgan fingerprint density at radius 3 is 2.73 bits per heavy atom. The average molecular weight is 153 g/mol. The lowest BCUT2D eigenvalue weighted by Crippen LogP contribution is -1.96. The fourth-order valence-electron chi connectivity index (χ4n) is 0.870. The first-order valence-electron chi connectivity index (χ1n) is 3.49. The van der Waals surface area contributed by atoms with Gasteiger partial charge >= 0.3 is 0 Å². The van der Waals surface area contributed by atoms with Crippen LogP contribution in [0.5, 0.6) is 0 Å². The molecule has 0 saturated carbocycles. The second-order valence-electron chi connectivity index (χ2n) is 2.34. The summed E-state index contributed by atoms with van der Waals surface area (Å²) in [7, 11) is 0. The second-order valence-corrected chi connectivity index (χ2v) is 2.34. The van der Waals surface area contributed by atoms with Crippen molar-refractivity contribution in [3.8, 4) is 0 Å². The van der Waals surface area contributed by atoms with Crippen molar-refractivity contribution in [1.29, 1.82) is 0 Å². The molecule has 0 bridgehead atoms. The molecule has 0 unspecified atom stereocenters. The minimum Gasteiger partial charge on any atom is -0.382 e. The molecule has 0 aliphatic carbocycles. The Morgan fingerprint density at radius 2 is 2.45 bits per heavy atom. The summed E-state index contributed by atoms with van der Waals surface area (Å²) in [4.78, 5) is 10.9. The zero-order valence-corrected chi connectivity index (χ0v) is 6.66. The third-order valence-corrected chi connectivity index (χ3v) is 1.49. The second kappa shape index (κ2) is 2.74. The summed E-state index contributed by atoms with van der Waals surface area (Å²) >= 11 is 0. The maximum Gasteiger partial charge on any atom is 0.165 e. The van der Waals surface area contributed by atoms with Crippen LogP contribution in [0.4, 0.5) is 5.82 Å². The van der Waals surface area contributed by atoms with Gasteiger partial charge in [-0.3, -0.25) is 9.48 Å². The Morgan fingerprint density at radius 1 is 1.82 bits per heavy atom. The van der Waals surface area contributed by atoms with Gasteiger partial charge in [0.1, 0.15) is 0 Å². The molecular weight excluding hydrogens is 142 g/mol. The van der Waals surface area contributed by atoms with E-state index in [0.717, 1.165) is 6.54 Å². The van der Waals surface area contributed by atoms with Crippen molar-refractivity contribution in [2.45, 2.75) is 20.4 Å². The summed E-state index contributed by atoms with van der Waals surface area (Å²) < 4.78 is 1.64. The molecular formula is C7H11N3O. The van der Waals surface area contributed by atoms with E-state index in [1.165, 1.54) is 6.92 Å². The van der Waals surface area contributed by atoms with Crippen LogP contribution in [-0.2, 0) is 6.54 Å². The summed E-state index contributed by atoms with van der Waals surface area (Å²) in [6.07, 6.45) is 1.66. The highest BCUT2D eigenvalue weighted by atomic mass is 16.1. The smallest absolute Gasteiger partial charge is 0.165 e. The fourth-order valence-corrected chi connectivity index (χ4v) is 0.870. The highest BCUT2D eigenvalue weighted by molar-refractivity contribution is 5.97. The molecule has 60 valence electrons. The first-order chi connectivity index (χ1) is 5.15. The Labute approximate surface area is 65.0 Å². The van der Waals surface area contributed by atoms with Gasteiger partial charge in [0, 0.05) is 12.7 Å². The highest BCUT2D eigenvalue weighted by Crippen LogP contribution is 2.08. The van der Waals surface area contributed by atoms with E-state index in [-0.39, 0.29) is 5.78 Å². The molecule has 4 heteroatoms. The summed E-state index contributed by atoms with van der Waals surface area (Å²) in [5.74, 6) is 0.279. The number of nitrogens with two attached hydrogens (primary N) is 1. The molecule has 1 heterocycles. The predicted molar refractivity (Wildman–Crippen MR) is 42.3 cm³/mol. The third kappa shape index (κ3) is 1.39. The van der Waals surface area contributed by atoms with Gasteiger partial charge in [0.2, 0.25) is 0 Å². The first-order valence-corrected chi connectivity index (χ1v) is 3.49. The van der Waals surface area contributed by atoms with E-state index in [4.69, 9.17) is 5.73 Å². The highest BCUT2D eigenvalue weighted by Gasteiger charge is 2.08. The van der Waals surface area contributed by atoms with Gasteiger partial charge in [0.05, 0.1) is 5.56 Å². The zero-order valence-electron chi connectivity index (χ0n) is 6.66. The number of carbonyl (C=O) groups is 1. The number of rotatable bonds is 2. The molecule has 0 spiro atoms. The van der Waals surface area contributed by atoms with E-state index in [2.05, 4.69) is 5.10 Å². The largest absolute Gasteiger partial charge is 0.382 e. The molecule has 0 radical (unpaired) electrons. The van der Waals surface area contributed by atoms with Crippen molar-refractivity contribution in [2.24, 2.45) is 0 Å². The lowest BCUT2D eigenvalue weighted by Gasteiger charge is -1.88. The number of Topliss-reactive ketones (excluding diaryl/α,β-unsaturated/α-hetero) is 1. The van der Waals surface area contributed by atoms with Crippen LogP contribution in [0.25, 0.3) is 0 Å². The van der Waals surface area contributed by atoms with Crippen LogP contribution in [0.2, 0.25) is 0 Å². The zero-order chi connectivity index (χ0) is 8.43. The van der Waals surface area contributed by atoms with Gasteiger partial charge in [-0.05, 0) is 13.8 Å². The van der Waals surface area contributed by atoms with E-state index < -0.39 is 0 Å². The molecule has 0 amide bonds. The van der Waals surface area contributed by atoms with Crippen LogP contribution in [0, 0.1) is 0 Å². The Balaban J connectivity index is 3.07. The Kier molecular flexibility index (Phi) is 1.94. The number of anilines is 1. The molecule has 0 aromatic carbocycles. The SMILES string of the molecule is CCn1cc(C(C)=O)c(N)n1.